The number of fused-ring (bicyclic) bond motifs is 1. The van der Waals surface area contributed by atoms with Gasteiger partial charge in [-0.1, -0.05) is 0 Å². The molecule has 0 atom stereocenters. The third-order valence-electron chi connectivity index (χ3n) is 3.52. The minimum absolute atomic E-state index is 0.0824. The summed E-state index contributed by atoms with van der Waals surface area (Å²) >= 11 is 5.79. The van der Waals surface area contributed by atoms with Gasteiger partial charge < -0.3 is 9.88 Å². The number of aromatic nitrogens is 2. The lowest BCUT2D eigenvalue weighted by atomic mass is 10.2. The summed E-state index contributed by atoms with van der Waals surface area (Å²) in [5.74, 6) is 1.50. The van der Waals surface area contributed by atoms with Crippen molar-refractivity contribution in [3.63, 3.8) is 0 Å². The summed E-state index contributed by atoms with van der Waals surface area (Å²) in [6.07, 6.45) is 0. The first-order chi connectivity index (χ1) is 10.7. The highest BCUT2D eigenvalue weighted by atomic mass is 32.1. The molecule has 0 saturated carbocycles. The maximum absolute atomic E-state index is 12.0. The Labute approximate surface area is 138 Å². The van der Waals surface area contributed by atoms with E-state index in [1.807, 2.05) is 25.1 Å². The van der Waals surface area contributed by atoms with Crippen LogP contribution in [0.2, 0.25) is 0 Å². The summed E-state index contributed by atoms with van der Waals surface area (Å²) in [6.45, 7) is 3.36. The van der Waals surface area contributed by atoms with Crippen molar-refractivity contribution >= 4 is 40.9 Å². The smallest absolute Gasteiger partial charge is 0.251 e. The molecule has 3 rings (SSSR count). The molecule has 1 aromatic carbocycles. The fourth-order valence-electron chi connectivity index (χ4n) is 2.43. The minimum atomic E-state index is -0.0824. The van der Waals surface area contributed by atoms with Gasteiger partial charge in [0.2, 0.25) is 0 Å². The molecule has 0 fully saturated rings. The number of hydrogen-bond acceptors (Lipinski definition) is 4. The zero-order valence-corrected chi connectivity index (χ0v) is 14.0. The van der Waals surface area contributed by atoms with Crippen molar-refractivity contribution in [2.75, 3.05) is 12.3 Å². The largest absolute Gasteiger partial charge is 0.351 e. The lowest BCUT2D eigenvalue weighted by Gasteiger charge is -2.06. The van der Waals surface area contributed by atoms with Crippen LogP contribution >= 0.6 is 24.0 Å². The van der Waals surface area contributed by atoms with Gasteiger partial charge in [-0.05, 0) is 47.5 Å². The molecule has 0 spiro atoms. The Morgan fingerprint density at radius 3 is 3.00 bits per heavy atom. The van der Waals surface area contributed by atoms with E-state index in [1.165, 1.54) is 5.56 Å². The van der Waals surface area contributed by atoms with Crippen molar-refractivity contribution in [2.45, 2.75) is 13.5 Å². The van der Waals surface area contributed by atoms with Gasteiger partial charge in [-0.2, -0.15) is 24.0 Å². The molecule has 2 aromatic heterocycles. The molecule has 0 aliphatic rings. The van der Waals surface area contributed by atoms with Crippen molar-refractivity contribution in [1.29, 1.82) is 0 Å². The zero-order chi connectivity index (χ0) is 15.5. The summed E-state index contributed by atoms with van der Waals surface area (Å²) in [7, 11) is 0. The number of imidazole rings is 1. The first kappa shape index (κ1) is 15.1. The molecule has 0 aliphatic carbocycles. The molecular weight excluding hydrogens is 314 g/mol. The quantitative estimate of drug-likeness (QED) is 0.706. The number of nitrogens with zero attached hydrogens (tertiary/aromatic N) is 2. The van der Waals surface area contributed by atoms with Gasteiger partial charge in [0, 0.05) is 17.9 Å². The number of carbonyl (C=O) groups is 1. The number of benzene rings is 1. The van der Waals surface area contributed by atoms with Gasteiger partial charge in [-0.25, -0.2) is 4.98 Å². The average molecular weight is 331 g/mol. The third kappa shape index (κ3) is 3.03. The van der Waals surface area contributed by atoms with E-state index in [2.05, 4.69) is 44.3 Å². The zero-order valence-electron chi connectivity index (χ0n) is 12.2. The Bertz CT molecular complexity index is 793. The third-order valence-corrected chi connectivity index (χ3v) is 4.48. The van der Waals surface area contributed by atoms with Crippen LogP contribution in [0.15, 0.2) is 35.0 Å². The minimum Gasteiger partial charge on any atom is -0.351 e. The molecule has 4 nitrogen and oxygen atoms in total. The second-order valence-electron chi connectivity index (χ2n) is 5.06. The number of amides is 1. The van der Waals surface area contributed by atoms with Crippen LogP contribution in [0.25, 0.3) is 11.0 Å². The fraction of sp³-hybridized carbons (Fsp3) is 0.250. The molecule has 1 amide bonds. The number of rotatable bonds is 5. The predicted octanol–water partition coefficient (Wildman–Crippen LogP) is 3.11. The molecule has 2 heterocycles. The van der Waals surface area contributed by atoms with Gasteiger partial charge in [0.1, 0.15) is 5.82 Å². The molecule has 6 heteroatoms. The molecule has 0 bridgehead atoms. The van der Waals surface area contributed by atoms with Gasteiger partial charge in [-0.15, -0.1) is 0 Å². The first-order valence-electron chi connectivity index (χ1n) is 7.06. The molecule has 22 heavy (non-hydrogen) atoms. The number of hydrogen-bond donors (Lipinski definition) is 2. The summed E-state index contributed by atoms with van der Waals surface area (Å²) in [5, 5.41) is 7.04. The lowest BCUT2D eigenvalue weighted by molar-refractivity contribution is 0.0956. The Hall–Kier alpha value is -1.79. The Balaban J connectivity index is 1.92. The van der Waals surface area contributed by atoms with Crippen LogP contribution in [0.1, 0.15) is 21.7 Å². The number of aryl methyl sites for hydroxylation is 1. The van der Waals surface area contributed by atoms with E-state index in [9.17, 15) is 4.79 Å². The van der Waals surface area contributed by atoms with Crippen LogP contribution in [-0.2, 0) is 6.54 Å². The Kier molecular flexibility index (Phi) is 4.49. The molecule has 0 aliphatic heterocycles. The van der Waals surface area contributed by atoms with Gasteiger partial charge in [-0.3, -0.25) is 4.79 Å². The topological polar surface area (TPSA) is 46.9 Å². The van der Waals surface area contributed by atoms with Crippen LogP contribution in [-0.4, -0.2) is 27.8 Å². The summed E-state index contributed by atoms with van der Waals surface area (Å²) < 4.78 is 2.17. The molecule has 1 N–H and O–H groups in total. The summed E-state index contributed by atoms with van der Waals surface area (Å²) in [4.78, 5) is 16.6. The standard InChI is InChI=1S/C16H17N3OS2/c1-11-18-14-8-13(16(20)17-5-6-21)2-3-15(14)19(11)9-12-4-7-22-10-12/h2-4,7-8,10,21H,5-6,9H2,1H3,(H,17,20). The van der Waals surface area contributed by atoms with Crippen molar-refractivity contribution in [3.8, 4) is 0 Å². The van der Waals surface area contributed by atoms with E-state index in [1.54, 1.807) is 11.3 Å². The molecule has 0 radical (unpaired) electrons. The SMILES string of the molecule is Cc1nc2cc(C(=O)NCCS)ccc2n1Cc1ccsc1. The number of thiol groups is 1. The van der Waals surface area contributed by atoms with E-state index >= 15 is 0 Å². The molecule has 0 unspecified atom stereocenters. The number of thiophene rings is 1. The second kappa shape index (κ2) is 6.54. The van der Waals surface area contributed by atoms with Gasteiger partial charge in [0.25, 0.3) is 5.91 Å². The van der Waals surface area contributed by atoms with E-state index in [4.69, 9.17) is 0 Å². The van der Waals surface area contributed by atoms with E-state index in [0.29, 0.717) is 17.9 Å². The predicted molar refractivity (Wildman–Crippen MR) is 94.1 cm³/mol. The Morgan fingerprint density at radius 1 is 1.41 bits per heavy atom. The van der Waals surface area contributed by atoms with Crippen LogP contribution in [0.3, 0.4) is 0 Å². The van der Waals surface area contributed by atoms with Crippen molar-refractivity contribution in [2.24, 2.45) is 0 Å². The van der Waals surface area contributed by atoms with Crippen LogP contribution in [0.5, 0.6) is 0 Å². The second-order valence-corrected chi connectivity index (χ2v) is 6.29. The normalized spacial score (nSPS) is 11.0. The highest BCUT2D eigenvalue weighted by Gasteiger charge is 2.11. The lowest BCUT2D eigenvalue weighted by Crippen LogP contribution is -2.25. The van der Waals surface area contributed by atoms with E-state index in [-0.39, 0.29) is 5.91 Å². The monoisotopic (exact) mass is 331 g/mol. The number of nitrogens with one attached hydrogen (secondary N) is 1. The van der Waals surface area contributed by atoms with Crippen LogP contribution < -0.4 is 5.32 Å². The fourth-order valence-corrected chi connectivity index (χ4v) is 3.20. The summed E-state index contributed by atoms with van der Waals surface area (Å²) in [5.41, 5.74) is 3.80. The highest BCUT2D eigenvalue weighted by Crippen LogP contribution is 2.20. The van der Waals surface area contributed by atoms with Crippen LogP contribution in [0.4, 0.5) is 0 Å². The maximum atomic E-state index is 12.0. The average Bonchev–Trinajstić information content (AvgIpc) is 3.13. The summed E-state index contributed by atoms with van der Waals surface area (Å²) in [6, 6.07) is 7.79. The molecule has 114 valence electrons. The van der Waals surface area contributed by atoms with Crippen molar-refractivity contribution < 1.29 is 4.79 Å². The molecule has 0 saturated heterocycles. The van der Waals surface area contributed by atoms with Gasteiger partial charge in [0.05, 0.1) is 17.6 Å². The van der Waals surface area contributed by atoms with Gasteiger partial charge in [0.15, 0.2) is 0 Å². The van der Waals surface area contributed by atoms with Crippen molar-refractivity contribution in [3.05, 3.63) is 52.0 Å². The van der Waals surface area contributed by atoms with Gasteiger partial charge >= 0.3 is 0 Å². The van der Waals surface area contributed by atoms with E-state index < -0.39 is 0 Å². The highest BCUT2D eigenvalue weighted by molar-refractivity contribution is 7.80. The number of carbonyl (C=O) groups excluding carboxylic acids is 1. The first-order valence-corrected chi connectivity index (χ1v) is 8.63. The van der Waals surface area contributed by atoms with E-state index in [0.717, 1.165) is 23.4 Å². The van der Waals surface area contributed by atoms with Crippen LogP contribution in [0, 0.1) is 6.92 Å². The maximum Gasteiger partial charge on any atom is 0.251 e. The molecular formula is C16H17N3OS2. The Morgan fingerprint density at radius 2 is 2.27 bits per heavy atom. The molecule has 3 aromatic rings. The van der Waals surface area contributed by atoms with Crippen molar-refractivity contribution in [1.82, 2.24) is 14.9 Å².